The van der Waals surface area contributed by atoms with Gasteiger partial charge in [-0.15, -0.1) is 0 Å². The summed E-state index contributed by atoms with van der Waals surface area (Å²) in [6.45, 7) is 6.27. The number of imide groups is 1. The van der Waals surface area contributed by atoms with Gasteiger partial charge in [0.2, 0.25) is 5.91 Å². The molecule has 1 rings (SSSR count). The molecule has 6 heteroatoms. The van der Waals surface area contributed by atoms with Crippen LogP contribution in [0.1, 0.15) is 26.2 Å². The summed E-state index contributed by atoms with van der Waals surface area (Å²) < 4.78 is 0. The van der Waals surface area contributed by atoms with Crippen molar-refractivity contribution < 1.29 is 9.59 Å². The molecular weight excluding hydrogens is 232 g/mol. The minimum absolute atomic E-state index is 0.257. The zero-order valence-corrected chi connectivity index (χ0v) is 11.1. The lowest BCUT2D eigenvalue weighted by molar-refractivity contribution is -0.121. The van der Waals surface area contributed by atoms with Crippen LogP contribution in [0, 0.1) is 5.92 Å². The van der Waals surface area contributed by atoms with Gasteiger partial charge < -0.3 is 11.1 Å². The number of amides is 3. The number of piperidine rings is 1. The molecule has 104 valence electrons. The van der Waals surface area contributed by atoms with E-state index in [1.807, 2.05) is 0 Å². The predicted molar refractivity (Wildman–Crippen MR) is 70.1 cm³/mol. The van der Waals surface area contributed by atoms with Crippen molar-refractivity contribution in [2.75, 3.05) is 32.7 Å². The van der Waals surface area contributed by atoms with Crippen LogP contribution in [0.15, 0.2) is 0 Å². The summed E-state index contributed by atoms with van der Waals surface area (Å²) >= 11 is 0. The van der Waals surface area contributed by atoms with Crippen LogP contribution in [0.5, 0.6) is 0 Å². The van der Waals surface area contributed by atoms with Crippen LogP contribution in [0.3, 0.4) is 0 Å². The number of primary amides is 1. The Hall–Kier alpha value is -1.14. The summed E-state index contributed by atoms with van der Waals surface area (Å²) in [5, 5.41) is 5.51. The number of carbonyl (C=O) groups excluding carboxylic acids is 2. The molecule has 4 N–H and O–H groups in total. The molecule has 1 aliphatic rings. The number of hydrogen-bond donors (Lipinski definition) is 3. The molecule has 1 unspecified atom stereocenters. The summed E-state index contributed by atoms with van der Waals surface area (Å²) in [7, 11) is 0. The van der Waals surface area contributed by atoms with Gasteiger partial charge >= 0.3 is 6.03 Å². The van der Waals surface area contributed by atoms with E-state index >= 15 is 0 Å². The van der Waals surface area contributed by atoms with Crippen molar-refractivity contribution in [3.05, 3.63) is 0 Å². The first kappa shape index (κ1) is 14.9. The maximum atomic E-state index is 11.4. The molecule has 1 aliphatic heterocycles. The van der Waals surface area contributed by atoms with Gasteiger partial charge in [-0.25, -0.2) is 4.79 Å². The lowest BCUT2D eigenvalue weighted by Crippen LogP contribution is -2.46. The molecule has 0 radical (unpaired) electrons. The summed E-state index contributed by atoms with van der Waals surface area (Å²) in [4.78, 5) is 24.1. The van der Waals surface area contributed by atoms with Crippen molar-refractivity contribution in [2.24, 2.45) is 11.7 Å². The molecular formula is C12H24N4O2. The largest absolute Gasteiger partial charge is 0.351 e. The van der Waals surface area contributed by atoms with Gasteiger partial charge in [0.15, 0.2) is 0 Å². The first-order valence-electron chi connectivity index (χ1n) is 6.64. The summed E-state index contributed by atoms with van der Waals surface area (Å²) in [6.07, 6.45) is 3.43. The number of likely N-dealkylation sites (tertiary alicyclic amines) is 1. The normalized spacial score (nSPS) is 20.6. The van der Waals surface area contributed by atoms with Crippen molar-refractivity contribution in [3.8, 4) is 0 Å². The van der Waals surface area contributed by atoms with E-state index in [9.17, 15) is 9.59 Å². The smallest absolute Gasteiger partial charge is 0.318 e. The van der Waals surface area contributed by atoms with E-state index in [1.54, 1.807) is 0 Å². The molecule has 0 aromatic heterocycles. The molecule has 0 aromatic carbocycles. The van der Waals surface area contributed by atoms with Crippen molar-refractivity contribution in [1.82, 2.24) is 15.5 Å². The molecule has 0 aromatic rings. The molecule has 6 nitrogen and oxygen atoms in total. The van der Waals surface area contributed by atoms with Gasteiger partial charge in [0, 0.05) is 6.54 Å². The van der Waals surface area contributed by atoms with Crippen molar-refractivity contribution in [2.45, 2.75) is 26.2 Å². The second kappa shape index (κ2) is 8.05. The Morgan fingerprint density at radius 1 is 1.44 bits per heavy atom. The number of nitrogens with two attached hydrogens (primary N) is 1. The van der Waals surface area contributed by atoms with E-state index in [0.717, 1.165) is 39.0 Å². The SMILES string of the molecule is CCCNCC1CCCN(CC(=O)NC(N)=O)C1. The van der Waals surface area contributed by atoms with Gasteiger partial charge in [-0.3, -0.25) is 15.0 Å². The number of rotatable bonds is 6. The van der Waals surface area contributed by atoms with Crippen LogP contribution < -0.4 is 16.4 Å². The fraction of sp³-hybridized carbons (Fsp3) is 0.833. The number of nitrogens with one attached hydrogen (secondary N) is 2. The lowest BCUT2D eigenvalue weighted by atomic mass is 9.98. The van der Waals surface area contributed by atoms with Gasteiger partial charge in [-0.1, -0.05) is 6.92 Å². The molecule has 1 saturated heterocycles. The monoisotopic (exact) mass is 256 g/mol. The maximum absolute atomic E-state index is 11.4. The maximum Gasteiger partial charge on any atom is 0.318 e. The van der Waals surface area contributed by atoms with E-state index in [-0.39, 0.29) is 12.5 Å². The Balaban J connectivity index is 2.25. The minimum atomic E-state index is -0.779. The minimum Gasteiger partial charge on any atom is -0.351 e. The van der Waals surface area contributed by atoms with Crippen molar-refractivity contribution in [3.63, 3.8) is 0 Å². The Labute approximate surface area is 108 Å². The molecule has 1 heterocycles. The molecule has 0 spiro atoms. The lowest BCUT2D eigenvalue weighted by Gasteiger charge is -2.32. The van der Waals surface area contributed by atoms with E-state index in [0.29, 0.717) is 5.92 Å². The number of hydrogen-bond acceptors (Lipinski definition) is 4. The van der Waals surface area contributed by atoms with E-state index < -0.39 is 6.03 Å². The van der Waals surface area contributed by atoms with Gasteiger partial charge in [0.25, 0.3) is 0 Å². The van der Waals surface area contributed by atoms with Gasteiger partial charge in [-0.05, 0) is 44.8 Å². The second-order valence-corrected chi connectivity index (χ2v) is 4.86. The van der Waals surface area contributed by atoms with Crippen LogP contribution in [0.2, 0.25) is 0 Å². The van der Waals surface area contributed by atoms with Crippen molar-refractivity contribution in [1.29, 1.82) is 0 Å². The molecule has 1 atom stereocenters. The van der Waals surface area contributed by atoms with E-state index in [1.165, 1.54) is 6.42 Å². The molecule has 18 heavy (non-hydrogen) atoms. The Kier molecular flexibility index (Phi) is 6.67. The fourth-order valence-electron chi connectivity index (χ4n) is 2.32. The molecule has 0 bridgehead atoms. The fourth-order valence-corrected chi connectivity index (χ4v) is 2.32. The standard InChI is InChI=1S/C12H24N4O2/c1-2-5-14-7-10-4-3-6-16(8-10)9-11(17)15-12(13)18/h10,14H,2-9H2,1H3,(H3,13,15,17,18). The van der Waals surface area contributed by atoms with E-state index in [4.69, 9.17) is 5.73 Å². The third kappa shape index (κ3) is 5.97. The zero-order valence-electron chi connectivity index (χ0n) is 11.1. The third-order valence-electron chi connectivity index (χ3n) is 3.09. The highest BCUT2D eigenvalue weighted by Crippen LogP contribution is 2.15. The molecule has 0 aliphatic carbocycles. The van der Waals surface area contributed by atoms with Crippen LogP contribution >= 0.6 is 0 Å². The quantitative estimate of drug-likeness (QED) is 0.579. The molecule has 3 amide bonds. The van der Waals surface area contributed by atoms with Gasteiger partial charge in [0.1, 0.15) is 0 Å². The highest BCUT2D eigenvalue weighted by molar-refractivity contribution is 5.94. The highest BCUT2D eigenvalue weighted by atomic mass is 16.2. The Bertz CT molecular complexity index is 283. The van der Waals surface area contributed by atoms with Crippen molar-refractivity contribution >= 4 is 11.9 Å². The van der Waals surface area contributed by atoms with E-state index in [2.05, 4.69) is 22.5 Å². The highest BCUT2D eigenvalue weighted by Gasteiger charge is 2.21. The summed E-state index contributed by atoms with van der Waals surface area (Å²) in [5.41, 5.74) is 4.91. The zero-order chi connectivity index (χ0) is 13.4. The average molecular weight is 256 g/mol. The van der Waals surface area contributed by atoms with Crippen LogP contribution in [0.4, 0.5) is 4.79 Å². The topological polar surface area (TPSA) is 87.5 Å². The number of urea groups is 1. The molecule has 0 saturated carbocycles. The summed E-state index contributed by atoms with van der Waals surface area (Å²) in [6, 6.07) is -0.779. The third-order valence-corrected chi connectivity index (χ3v) is 3.09. The first-order valence-corrected chi connectivity index (χ1v) is 6.64. The second-order valence-electron chi connectivity index (χ2n) is 4.86. The summed E-state index contributed by atoms with van der Waals surface area (Å²) in [5.74, 6) is 0.274. The van der Waals surface area contributed by atoms with Gasteiger partial charge in [-0.2, -0.15) is 0 Å². The van der Waals surface area contributed by atoms with Gasteiger partial charge in [0.05, 0.1) is 6.54 Å². The number of nitrogens with zero attached hydrogens (tertiary/aromatic N) is 1. The predicted octanol–water partition coefficient (Wildman–Crippen LogP) is -0.107. The van der Waals surface area contributed by atoms with Crippen LogP contribution in [-0.4, -0.2) is 49.6 Å². The average Bonchev–Trinajstić information content (AvgIpc) is 2.28. The van der Waals surface area contributed by atoms with Crippen LogP contribution in [0.25, 0.3) is 0 Å². The number of carbonyl (C=O) groups is 2. The first-order chi connectivity index (χ1) is 8.61. The Morgan fingerprint density at radius 3 is 2.89 bits per heavy atom. The Morgan fingerprint density at radius 2 is 2.22 bits per heavy atom. The molecule has 1 fully saturated rings. The van der Waals surface area contributed by atoms with Crippen LogP contribution in [-0.2, 0) is 4.79 Å².